The van der Waals surface area contributed by atoms with Crippen molar-refractivity contribution < 1.29 is 22.4 Å². The van der Waals surface area contributed by atoms with Crippen molar-refractivity contribution in [3.8, 4) is 0 Å². The lowest BCUT2D eigenvalue weighted by Crippen LogP contribution is -2.36. The molecule has 10 heteroatoms. The quantitative estimate of drug-likeness (QED) is 0.371. The van der Waals surface area contributed by atoms with Crippen molar-refractivity contribution in [2.75, 3.05) is 18.4 Å². The Hall–Kier alpha value is -2.81. The number of halogens is 5. The highest BCUT2D eigenvalue weighted by Crippen LogP contribution is 2.31. The molecule has 2 N–H and O–H groups in total. The number of aromatic nitrogens is 1. The van der Waals surface area contributed by atoms with Crippen molar-refractivity contribution in [1.82, 2.24) is 15.2 Å². The Bertz CT molecular complexity index is 966. The first-order chi connectivity index (χ1) is 17.9. The lowest BCUT2D eigenvalue weighted by molar-refractivity contribution is -0.137. The van der Waals surface area contributed by atoms with Gasteiger partial charge in [0.1, 0.15) is 5.82 Å². The largest absolute Gasteiger partial charge is 0.416 e. The van der Waals surface area contributed by atoms with E-state index in [9.17, 15) is 22.4 Å². The summed E-state index contributed by atoms with van der Waals surface area (Å²) in [6, 6.07) is 5.06. The van der Waals surface area contributed by atoms with E-state index in [0.717, 1.165) is 37.4 Å². The van der Waals surface area contributed by atoms with Gasteiger partial charge in [-0.25, -0.2) is 9.18 Å². The number of nitrogens with one attached hydrogen (secondary N) is 2. The number of anilines is 1. The molecule has 1 saturated heterocycles. The van der Waals surface area contributed by atoms with E-state index in [2.05, 4.69) is 34.0 Å². The third kappa shape index (κ3) is 13.1. The summed E-state index contributed by atoms with van der Waals surface area (Å²) in [5.41, 5.74) is 0.874. The number of carbonyl (C=O) groups is 1. The number of hydrogen-bond acceptors (Lipinski definition) is 3. The van der Waals surface area contributed by atoms with Gasteiger partial charge in [-0.3, -0.25) is 4.98 Å². The summed E-state index contributed by atoms with van der Waals surface area (Å²) < 4.78 is 50.7. The Labute approximate surface area is 228 Å². The second-order valence-electron chi connectivity index (χ2n) is 8.85. The lowest BCUT2D eigenvalue weighted by Gasteiger charge is -2.15. The van der Waals surface area contributed by atoms with Gasteiger partial charge in [0.2, 0.25) is 0 Å². The van der Waals surface area contributed by atoms with Crippen LogP contribution >= 0.6 is 11.6 Å². The highest BCUT2D eigenvalue weighted by molar-refractivity contribution is 6.30. The van der Waals surface area contributed by atoms with Crippen molar-refractivity contribution in [3.05, 3.63) is 70.9 Å². The Morgan fingerprint density at radius 2 is 1.68 bits per heavy atom. The Balaban J connectivity index is 0.000000328. The normalized spacial score (nSPS) is 14.7. The summed E-state index contributed by atoms with van der Waals surface area (Å²) >= 11 is 5.55. The first kappa shape index (κ1) is 33.2. The third-order valence-electron chi connectivity index (χ3n) is 5.69. The van der Waals surface area contributed by atoms with E-state index in [0.29, 0.717) is 17.2 Å². The SMILES string of the molecule is C=C(C)N1CCCC1.CC.Cc1ccc(Cl)cn1.O=C(Nc1cc(F)cc(C(F)(F)F)c1)NC1CCCC1. The molecule has 1 aromatic carbocycles. The second-order valence-corrected chi connectivity index (χ2v) is 9.29. The first-order valence-electron chi connectivity index (χ1n) is 12.9. The number of hydrogen-bond donors (Lipinski definition) is 2. The Morgan fingerprint density at radius 1 is 1.08 bits per heavy atom. The molecule has 0 radical (unpaired) electrons. The fourth-order valence-corrected chi connectivity index (χ4v) is 3.91. The number of carbonyl (C=O) groups excluding carboxylic acids is 1. The Kier molecular flexibility index (Phi) is 14.8. The fourth-order valence-electron chi connectivity index (χ4n) is 3.80. The molecular weight excluding hydrogens is 520 g/mol. The summed E-state index contributed by atoms with van der Waals surface area (Å²) in [6.07, 6.45) is 3.43. The minimum atomic E-state index is -4.65. The minimum absolute atomic E-state index is 0.0330. The highest BCUT2D eigenvalue weighted by Gasteiger charge is 2.31. The van der Waals surface area contributed by atoms with E-state index in [1.54, 1.807) is 6.20 Å². The average Bonchev–Trinajstić information content (AvgIpc) is 3.57. The number of urea groups is 1. The molecule has 2 amide bonds. The molecule has 0 spiro atoms. The van der Waals surface area contributed by atoms with Crippen LogP contribution in [0.3, 0.4) is 0 Å². The predicted octanol–water partition coefficient (Wildman–Crippen LogP) is 8.59. The van der Waals surface area contributed by atoms with Crippen LogP contribution in [0.4, 0.5) is 28.0 Å². The zero-order valence-electron chi connectivity index (χ0n) is 22.6. The minimum Gasteiger partial charge on any atom is -0.376 e. The topological polar surface area (TPSA) is 57.3 Å². The smallest absolute Gasteiger partial charge is 0.376 e. The summed E-state index contributed by atoms with van der Waals surface area (Å²) in [6.45, 7) is 14.3. The summed E-state index contributed by atoms with van der Waals surface area (Å²) in [5.74, 6) is -1.05. The standard InChI is InChI=1S/C13H14F4N2O.C7H13N.C6H6ClN.C2H6/c14-9-5-8(13(15,16)17)6-11(7-9)19-12(20)18-10-3-1-2-4-10;1-7(2)8-5-3-4-6-8;1-5-2-3-6(7)4-8-5;1-2/h5-7,10H,1-4H2,(H2,18,19,20);1,3-6H2,2H3;2-4H,1H3;1-2H3. The van der Waals surface area contributed by atoms with Crippen LogP contribution in [0.1, 0.15) is 70.6 Å². The van der Waals surface area contributed by atoms with Gasteiger partial charge in [0.05, 0.1) is 10.6 Å². The number of rotatable bonds is 3. The number of alkyl halides is 3. The maximum atomic E-state index is 13.1. The number of amides is 2. The predicted molar refractivity (Wildman–Crippen MR) is 147 cm³/mol. The molecule has 1 aliphatic carbocycles. The number of benzene rings is 1. The van der Waals surface area contributed by atoms with Gasteiger partial charge < -0.3 is 15.5 Å². The molecule has 2 aromatic rings. The zero-order valence-corrected chi connectivity index (χ0v) is 23.4. The molecule has 0 unspecified atom stereocenters. The van der Waals surface area contributed by atoms with Crippen LogP contribution in [0.15, 0.2) is 48.8 Å². The number of aryl methyl sites for hydroxylation is 1. The average molecular weight is 559 g/mol. The summed E-state index contributed by atoms with van der Waals surface area (Å²) in [4.78, 5) is 17.9. The maximum Gasteiger partial charge on any atom is 0.416 e. The van der Waals surface area contributed by atoms with Crippen LogP contribution in [-0.2, 0) is 6.18 Å². The molecule has 5 nitrogen and oxygen atoms in total. The van der Waals surface area contributed by atoms with Crippen molar-refractivity contribution in [3.63, 3.8) is 0 Å². The van der Waals surface area contributed by atoms with E-state index in [-0.39, 0.29) is 11.7 Å². The number of nitrogens with zero attached hydrogens (tertiary/aromatic N) is 2. The van der Waals surface area contributed by atoms with Gasteiger partial charge in [-0.1, -0.05) is 44.9 Å². The van der Waals surface area contributed by atoms with Crippen LogP contribution < -0.4 is 10.6 Å². The molecule has 2 heterocycles. The molecule has 2 fully saturated rings. The third-order valence-corrected chi connectivity index (χ3v) is 5.92. The molecule has 1 aliphatic heterocycles. The zero-order chi connectivity index (χ0) is 28.7. The summed E-state index contributed by atoms with van der Waals surface area (Å²) in [7, 11) is 0. The lowest BCUT2D eigenvalue weighted by atomic mass is 10.2. The van der Waals surface area contributed by atoms with Crippen molar-refractivity contribution in [2.45, 2.75) is 78.4 Å². The van der Waals surface area contributed by atoms with Gasteiger partial charge >= 0.3 is 12.2 Å². The fraction of sp³-hybridized carbons (Fsp3) is 0.500. The van der Waals surface area contributed by atoms with Crippen LogP contribution in [0.5, 0.6) is 0 Å². The van der Waals surface area contributed by atoms with Crippen molar-refractivity contribution >= 4 is 23.3 Å². The first-order valence-corrected chi connectivity index (χ1v) is 13.3. The van der Waals surface area contributed by atoms with Crippen LogP contribution in [-0.4, -0.2) is 35.0 Å². The van der Waals surface area contributed by atoms with Crippen molar-refractivity contribution in [2.24, 2.45) is 0 Å². The van der Waals surface area contributed by atoms with E-state index >= 15 is 0 Å². The van der Waals surface area contributed by atoms with Gasteiger partial charge in [-0.05, 0) is 69.9 Å². The molecule has 212 valence electrons. The number of allylic oxidation sites excluding steroid dienone is 1. The monoisotopic (exact) mass is 558 g/mol. The number of pyridine rings is 1. The molecule has 38 heavy (non-hydrogen) atoms. The van der Waals surface area contributed by atoms with Gasteiger partial charge in [0.25, 0.3) is 0 Å². The van der Waals surface area contributed by atoms with Crippen LogP contribution in [0.25, 0.3) is 0 Å². The van der Waals surface area contributed by atoms with Gasteiger partial charge in [-0.15, -0.1) is 0 Å². The van der Waals surface area contributed by atoms with E-state index in [1.165, 1.54) is 31.6 Å². The Morgan fingerprint density at radius 3 is 2.13 bits per heavy atom. The second kappa shape index (κ2) is 16.9. The molecular formula is C28H39ClF4N4O. The van der Waals surface area contributed by atoms with Gasteiger partial charge in [0.15, 0.2) is 0 Å². The molecule has 0 atom stereocenters. The molecule has 1 aromatic heterocycles. The summed E-state index contributed by atoms with van der Waals surface area (Å²) in [5, 5.41) is 5.57. The molecule has 2 aliphatic rings. The van der Waals surface area contributed by atoms with Gasteiger partial charge in [-0.2, -0.15) is 13.2 Å². The van der Waals surface area contributed by atoms with Gasteiger partial charge in [0, 0.05) is 42.4 Å². The molecule has 4 rings (SSSR count). The van der Waals surface area contributed by atoms with E-state index < -0.39 is 23.6 Å². The van der Waals surface area contributed by atoms with Crippen LogP contribution in [0.2, 0.25) is 5.02 Å². The highest BCUT2D eigenvalue weighted by atomic mass is 35.5. The maximum absolute atomic E-state index is 13.1. The van der Waals surface area contributed by atoms with Crippen molar-refractivity contribution in [1.29, 1.82) is 0 Å². The van der Waals surface area contributed by atoms with Crippen LogP contribution in [0, 0.1) is 12.7 Å². The molecule has 1 saturated carbocycles. The van der Waals surface area contributed by atoms with E-state index in [1.807, 2.05) is 32.9 Å². The van der Waals surface area contributed by atoms with E-state index in [4.69, 9.17) is 11.6 Å². The molecule has 0 bridgehead atoms. The number of likely N-dealkylation sites (tertiary alicyclic amines) is 1.